The van der Waals surface area contributed by atoms with Crippen LogP contribution in [0.25, 0.3) is 0 Å². The summed E-state index contributed by atoms with van der Waals surface area (Å²) in [6.07, 6.45) is 1.49. The number of rotatable bonds is 5. The number of nitrogens with zero attached hydrogens (tertiary/aromatic N) is 1. The molecule has 0 bridgehead atoms. The molecule has 2 aromatic rings. The second-order valence-corrected chi connectivity index (χ2v) is 3.71. The summed E-state index contributed by atoms with van der Waals surface area (Å²) in [5.74, 6) is -0.867. The highest BCUT2D eigenvalue weighted by Crippen LogP contribution is 2.22. The molecular formula is C12H9N2O5-. The van der Waals surface area contributed by atoms with Crippen LogP contribution in [0.1, 0.15) is 16.1 Å². The molecule has 0 fully saturated rings. The van der Waals surface area contributed by atoms with E-state index in [4.69, 9.17) is 4.42 Å². The van der Waals surface area contributed by atoms with E-state index in [1.54, 1.807) is 12.1 Å². The van der Waals surface area contributed by atoms with E-state index < -0.39 is 10.9 Å². The highest BCUT2D eigenvalue weighted by molar-refractivity contribution is 5.93. The number of carbonyl (C=O) groups excluding carboxylic acids is 1. The monoisotopic (exact) mass is 261 g/mol. The third-order valence-electron chi connectivity index (χ3n) is 2.47. The summed E-state index contributed by atoms with van der Waals surface area (Å²) in [5, 5.41) is 24.4. The number of nitro groups is 1. The molecule has 0 aliphatic carbocycles. The molecule has 0 unspecified atom stereocenters. The molecule has 0 saturated carbocycles. The smallest absolute Gasteiger partial charge is 0.270 e. The van der Waals surface area contributed by atoms with Crippen LogP contribution in [-0.4, -0.2) is 10.9 Å². The molecular weight excluding hydrogens is 252 g/mol. The Morgan fingerprint density at radius 1 is 1.37 bits per heavy atom. The fourth-order valence-electron chi connectivity index (χ4n) is 1.56. The van der Waals surface area contributed by atoms with Gasteiger partial charge in [0.05, 0.1) is 23.7 Å². The lowest BCUT2D eigenvalue weighted by Gasteiger charge is -2.11. The molecule has 0 amide bonds. The molecule has 0 radical (unpaired) electrons. The van der Waals surface area contributed by atoms with E-state index in [2.05, 4.69) is 5.32 Å². The highest BCUT2D eigenvalue weighted by atomic mass is 16.6. The third-order valence-corrected chi connectivity index (χ3v) is 2.47. The quantitative estimate of drug-likeness (QED) is 0.639. The number of furan rings is 1. The Morgan fingerprint density at radius 3 is 2.74 bits per heavy atom. The van der Waals surface area contributed by atoms with Gasteiger partial charge in [-0.2, -0.15) is 0 Å². The number of nitrogens with one attached hydrogen (secondary N) is 1. The predicted octanol–water partition coefficient (Wildman–Crippen LogP) is 1.16. The van der Waals surface area contributed by atoms with Crippen LogP contribution in [0, 0.1) is 10.1 Å². The fraction of sp³-hybridized carbons (Fsp3) is 0.0833. The summed E-state index contributed by atoms with van der Waals surface area (Å²) in [5.41, 5.74) is -0.328. The SMILES string of the molecule is O=C([O-])c1cc([N+](=O)[O-])ccc1NCc1ccco1. The standard InChI is InChI=1S/C12H10N2O5/c15-12(16)10-6-8(14(17)18)3-4-11(10)13-7-9-2-1-5-19-9/h1-6,13H,7H2,(H,15,16)/p-1. The molecule has 7 nitrogen and oxygen atoms in total. The first-order valence-corrected chi connectivity index (χ1v) is 5.34. The van der Waals surface area contributed by atoms with Crippen molar-refractivity contribution in [2.24, 2.45) is 0 Å². The van der Waals surface area contributed by atoms with Crippen molar-refractivity contribution in [2.45, 2.75) is 6.54 Å². The van der Waals surface area contributed by atoms with Crippen molar-refractivity contribution < 1.29 is 19.2 Å². The summed E-state index contributed by atoms with van der Waals surface area (Å²) in [7, 11) is 0. The minimum Gasteiger partial charge on any atom is -0.545 e. The van der Waals surface area contributed by atoms with Crippen LogP contribution in [0.2, 0.25) is 0 Å². The normalized spacial score (nSPS) is 10.1. The number of anilines is 1. The van der Waals surface area contributed by atoms with Crippen molar-refractivity contribution in [3.63, 3.8) is 0 Å². The lowest BCUT2D eigenvalue weighted by Crippen LogP contribution is -2.23. The van der Waals surface area contributed by atoms with E-state index in [-0.39, 0.29) is 23.5 Å². The van der Waals surface area contributed by atoms with Gasteiger partial charge in [-0.15, -0.1) is 0 Å². The molecule has 0 aliphatic heterocycles. The number of nitro benzene ring substituents is 1. The van der Waals surface area contributed by atoms with Crippen molar-refractivity contribution in [3.05, 3.63) is 58.0 Å². The van der Waals surface area contributed by atoms with Crippen molar-refractivity contribution in [1.29, 1.82) is 0 Å². The maximum atomic E-state index is 11.0. The van der Waals surface area contributed by atoms with Crippen LogP contribution < -0.4 is 10.4 Å². The first-order chi connectivity index (χ1) is 9.08. The van der Waals surface area contributed by atoms with Crippen LogP contribution in [0.15, 0.2) is 41.0 Å². The predicted molar refractivity (Wildman–Crippen MR) is 63.5 cm³/mol. The number of hydrogen-bond acceptors (Lipinski definition) is 6. The maximum Gasteiger partial charge on any atom is 0.270 e. The van der Waals surface area contributed by atoms with Crippen molar-refractivity contribution in [3.8, 4) is 0 Å². The summed E-state index contributed by atoms with van der Waals surface area (Å²) < 4.78 is 5.08. The molecule has 98 valence electrons. The van der Waals surface area contributed by atoms with Crippen LogP contribution in [0.5, 0.6) is 0 Å². The number of benzene rings is 1. The summed E-state index contributed by atoms with van der Waals surface area (Å²) >= 11 is 0. The largest absolute Gasteiger partial charge is 0.545 e. The summed E-state index contributed by atoms with van der Waals surface area (Å²) in [4.78, 5) is 20.9. The summed E-state index contributed by atoms with van der Waals surface area (Å²) in [6, 6.07) is 6.92. The average molecular weight is 261 g/mol. The summed E-state index contributed by atoms with van der Waals surface area (Å²) in [6.45, 7) is 0.269. The number of hydrogen-bond donors (Lipinski definition) is 1. The number of non-ortho nitro benzene ring substituents is 1. The molecule has 2 rings (SSSR count). The molecule has 1 aromatic heterocycles. The lowest BCUT2D eigenvalue weighted by atomic mass is 10.1. The van der Waals surface area contributed by atoms with Gasteiger partial charge in [0, 0.05) is 23.4 Å². The average Bonchev–Trinajstić information content (AvgIpc) is 2.89. The van der Waals surface area contributed by atoms with Gasteiger partial charge in [-0.3, -0.25) is 10.1 Å². The van der Waals surface area contributed by atoms with Gasteiger partial charge in [-0.05, 0) is 18.2 Å². The van der Waals surface area contributed by atoms with E-state index in [0.717, 1.165) is 6.07 Å². The number of aromatic carboxylic acids is 1. The first-order valence-electron chi connectivity index (χ1n) is 5.34. The van der Waals surface area contributed by atoms with E-state index in [0.29, 0.717) is 5.76 Å². The molecule has 1 N–H and O–H groups in total. The minimum absolute atomic E-state index is 0.238. The molecule has 0 atom stereocenters. The molecule has 0 spiro atoms. The number of carboxylic acid groups (broad SMARTS) is 1. The van der Waals surface area contributed by atoms with Crippen LogP contribution in [-0.2, 0) is 6.54 Å². The Labute approximate surface area is 107 Å². The lowest BCUT2D eigenvalue weighted by molar-refractivity contribution is -0.385. The Hall–Kier alpha value is -2.83. The van der Waals surface area contributed by atoms with Gasteiger partial charge in [0.25, 0.3) is 5.69 Å². The van der Waals surface area contributed by atoms with Crippen molar-refractivity contribution >= 4 is 17.3 Å². The van der Waals surface area contributed by atoms with Crippen LogP contribution in [0.4, 0.5) is 11.4 Å². The Bertz CT molecular complexity index is 607. The van der Waals surface area contributed by atoms with Crippen LogP contribution in [0.3, 0.4) is 0 Å². The van der Waals surface area contributed by atoms with Crippen LogP contribution >= 0.6 is 0 Å². The number of carboxylic acids is 1. The van der Waals surface area contributed by atoms with Crippen molar-refractivity contribution in [1.82, 2.24) is 0 Å². The Morgan fingerprint density at radius 2 is 2.16 bits per heavy atom. The van der Waals surface area contributed by atoms with Gasteiger partial charge in [0.1, 0.15) is 5.76 Å². The Kier molecular flexibility index (Phi) is 3.46. The fourth-order valence-corrected chi connectivity index (χ4v) is 1.56. The molecule has 0 saturated heterocycles. The van der Waals surface area contributed by atoms with E-state index >= 15 is 0 Å². The van der Waals surface area contributed by atoms with Gasteiger partial charge < -0.3 is 19.6 Å². The van der Waals surface area contributed by atoms with E-state index in [1.807, 2.05) is 0 Å². The molecule has 1 aromatic carbocycles. The van der Waals surface area contributed by atoms with E-state index in [9.17, 15) is 20.0 Å². The third kappa shape index (κ3) is 2.89. The molecule has 7 heteroatoms. The maximum absolute atomic E-state index is 11.0. The van der Waals surface area contributed by atoms with E-state index in [1.165, 1.54) is 18.4 Å². The molecule has 1 heterocycles. The molecule has 0 aliphatic rings. The minimum atomic E-state index is -1.48. The topological polar surface area (TPSA) is 108 Å². The Balaban J connectivity index is 2.24. The van der Waals surface area contributed by atoms with Gasteiger partial charge in [-0.25, -0.2) is 0 Å². The van der Waals surface area contributed by atoms with Gasteiger partial charge >= 0.3 is 0 Å². The second kappa shape index (κ2) is 5.21. The van der Waals surface area contributed by atoms with Gasteiger partial charge in [0.2, 0.25) is 0 Å². The zero-order valence-corrected chi connectivity index (χ0v) is 9.66. The zero-order chi connectivity index (χ0) is 13.8. The zero-order valence-electron chi connectivity index (χ0n) is 9.66. The van der Waals surface area contributed by atoms with Crippen molar-refractivity contribution in [2.75, 3.05) is 5.32 Å². The first kappa shape index (κ1) is 12.6. The number of carbonyl (C=O) groups is 1. The second-order valence-electron chi connectivity index (χ2n) is 3.71. The molecule has 19 heavy (non-hydrogen) atoms. The van der Waals surface area contributed by atoms with Gasteiger partial charge in [0.15, 0.2) is 0 Å². The van der Waals surface area contributed by atoms with Gasteiger partial charge in [-0.1, -0.05) is 0 Å². The highest BCUT2D eigenvalue weighted by Gasteiger charge is 2.11.